The van der Waals surface area contributed by atoms with Crippen LogP contribution in [0.5, 0.6) is 0 Å². The molecule has 2 aliphatic rings. The molecule has 1 aliphatic heterocycles. The fourth-order valence-electron chi connectivity index (χ4n) is 4.36. The number of fused-ring (bicyclic) bond motifs is 2. The average Bonchev–Trinajstić information content (AvgIpc) is 3.16. The van der Waals surface area contributed by atoms with Crippen molar-refractivity contribution in [2.24, 2.45) is 5.92 Å². The number of pyridine rings is 1. The molecule has 0 unspecified atom stereocenters. The third-order valence-electron chi connectivity index (χ3n) is 5.95. The number of anilines is 1. The van der Waals surface area contributed by atoms with Crippen molar-refractivity contribution in [1.29, 1.82) is 0 Å². The quantitative estimate of drug-likeness (QED) is 0.694. The van der Waals surface area contributed by atoms with Crippen molar-refractivity contribution >= 4 is 11.5 Å². The highest BCUT2D eigenvalue weighted by Crippen LogP contribution is 2.23. The van der Waals surface area contributed by atoms with E-state index < -0.39 is 0 Å². The van der Waals surface area contributed by atoms with Crippen molar-refractivity contribution in [2.45, 2.75) is 38.6 Å². The van der Waals surface area contributed by atoms with Gasteiger partial charge in [0.25, 0.3) is 11.1 Å². The van der Waals surface area contributed by atoms with Crippen LogP contribution in [0, 0.1) is 5.92 Å². The Morgan fingerprint density at radius 1 is 1.04 bits per heavy atom. The normalized spacial score (nSPS) is 17.2. The first-order valence-corrected chi connectivity index (χ1v) is 10.0. The van der Waals surface area contributed by atoms with E-state index >= 15 is 0 Å². The third-order valence-corrected chi connectivity index (χ3v) is 5.95. The molecule has 0 atom stereocenters. The molecule has 0 radical (unpaired) electrons. The fourth-order valence-corrected chi connectivity index (χ4v) is 4.36. The van der Waals surface area contributed by atoms with E-state index in [1.807, 2.05) is 18.2 Å². The number of aromatic nitrogens is 4. The Balaban J connectivity index is 1.29. The number of aryl methyl sites for hydroxylation is 2. The van der Waals surface area contributed by atoms with Gasteiger partial charge in [-0.2, -0.15) is 5.10 Å². The van der Waals surface area contributed by atoms with Crippen LogP contribution in [-0.2, 0) is 19.4 Å². The zero-order valence-electron chi connectivity index (χ0n) is 15.8. The maximum atomic E-state index is 12.3. The van der Waals surface area contributed by atoms with Crippen LogP contribution in [0.2, 0.25) is 0 Å². The summed E-state index contributed by atoms with van der Waals surface area (Å²) < 4.78 is 3.22. The smallest absolute Gasteiger partial charge is 0.267 e. The van der Waals surface area contributed by atoms with Gasteiger partial charge in [0, 0.05) is 38.0 Å². The van der Waals surface area contributed by atoms with Crippen LogP contribution in [0.3, 0.4) is 0 Å². The zero-order valence-corrected chi connectivity index (χ0v) is 15.8. The predicted octanol–water partition coefficient (Wildman–Crippen LogP) is 1.66. The largest absolute Gasteiger partial charge is 0.356 e. The highest BCUT2D eigenvalue weighted by molar-refractivity contribution is 5.48. The summed E-state index contributed by atoms with van der Waals surface area (Å²) in [6, 6.07) is 8.95. The lowest BCUT2D eigenvalue weighted by Gasteiger charge is -2.32. The molecule has 144 valence electrons. The van der Waals surface area contributed by atoms with E-state index in [4.69, 9.17) is 0 Å². The highest BCUT2D eigenvalue weighted by atomic mass is 16.1. The van der Waals surface area contributed by atoms with Crippen molar-refractivity contribution in [3.05, 3.63) is 68.5 Å². The summed E-state index contributed by atoms with van der Waals surface area (Å²) in [5.74, 6) is 1.16. The second-order valence-corrected chi connectivity index (χ2v) is 7.80. The summed E-state index contributed by atoms with van der Waals surface area (Å²) in [5.41, 5.74) is 2.85. The van der Waals surface area contributed by atoms with Crippen LogP contribution >= 0.6 is 0 Å². The molecule has 1 fully saturated rings. The van der Waals surface area contributed by atoms with Gasteiger partial charge < -0.3 is 4.90 Å². The standard InChI is InChI=1S/C21H23N5O2/c27-20-13-19(22-18-6-1-2-9-25(18)20)24-10-7-15(8-11-24)14-26-21(28)12-16-4-3-5-17(16)23-26/h1-2,6,9,12-13,15H,3-5,7-8,10-11,14H2. The summed E-state index contributed by atoms with van der Waals surface area (Å²) in [6.45, 7) is 2.34. The fraction of sp³-hybridized carbons (Fsp3) is 0.429. The lowest BCUT2D eigenvalue weighted by atomic mass is 9.97. The lowest BCUT2D eigenvalue weighted by molar-refractivity contribution is 0.333. The minimum absolute atomic E-state index is 0.0206. The molecule has 0 amide bonds. The Bertz CT molecular complexity index is 1140. The first-order valence-electron chi connectivity index (χ1n) is 10.0. The van der Waals surface area contributed by atoms with E-state index in [-0.39, 0.29) is 11.1 Å². The highest BCUT2D eigenvalue weighted by Gasteiger charge is 2.23. The first kappa shape index (κ1) is 17.2. The van der Waals surface area contributed by atoms with Gasteiger partial charge >= 0.3 is 0 Å². The summed E-state index contributed by atoms with van der Waals surface area (Å²) in [5, 5.41) is 4.60. The van der Waals surface area contributed by atoms with Gasteiger partial charge in [-0.1, -0.05) is 6.07 Å². The second-order valence-electron chi connectivity index (χ2n) is 7.80. The number of hydrogen-bond acceptors (Lipinski definition) is 5. The van der Waals surface area contributed by atoms with Gasteiger partial charge in [0.05, 0.1) is 5.69 Å². The van der Waals surface area contributed by atoms with E-state index in [1.165, 1.54) is 0 Å². The molecule has 0 spiro atoms. The molecule has 1 aliphatic carbocycles. The summed E-state index contributed by atoms with van der Waals surface area (Å²) in [7, 11) is 0. The molecule has 7 heteroatoms. The lowest BCUT2D eigenvalue weighted by Crippen LogP contribution is -2.38. The van der Waals surface area contributed by atoms with E-state index in [9.17, 15) is 9.59 Å². The van der Waals surface area contributed by atoms with Crippen molar-refractivity contribution in [2.75, 3.05) is 18.0 Å². The molecule has 5 rings (SSSR count). The Labute approximate surface area is 162 Å². The van der Waals surface area contributed by atoms with Gasteiger partial charge in [0.1, 0.15) is 11.5 Å². The molecule has 0 N–H and O–H groups in total. The molecule has 3 aromatic heterocycles. The number of nitrogens with zero attached hydrogens (tertiary/aromatic N) is 5. The van der Waals surface area contributed by atoms with Crippen LogP contribution in [0.1, 0.15) is 30.5 Å². The first-order chi connectivity index (χ1) is 13.7. The number of hydrogen-bond donors (Lipinski definition) is 0. The molecule has 7 nitrogen and oxygen atoms in total. The molecule has 4 heterocycles. The summed E-state index contributed by atoms with van der Waals surface area (Å²) in [6.07, 6.45) is 6.72. The number of rotatable bonds is 3. The van der Waals surface area contributed by atoms with E-state index in [2.05, 4.69) is 15.0 Å². The molecule has 0 saturated carbocycles. The minimum Gasteiger partial charge on any atom is -0.356 e. The van der Waals surface area contributed by atoms with Crippen LogP contribution < -0.4 is 16.0 Å². The maximum absolute atomic E-state index is 12.3. The van der Waals surface area contributed by atoms with Crippen LogP contribution in [0.15, 0.2) is 46.1 Å². The van der Waals surface area contributed by atoms with Crippen LogP contribution in [0.4, 0.5) is 5.82 Å². The Morgan fingerprint density at radius 2 is 1.89 bits per heavy atom. The topological polar surface area (TPSA) is 72.5 Å². The van der Waals surface area contributed by atoms with Gasteiger partial charge in [-0.15, -0.1) is 0 Å². The van der Waals surface area contributed by atoms with Gasteiger partial charge in [-0.25, -0.2) is 9.67 Å². The van der Waals surface area contributed by atoms with E-state index in [0.29, 0.717) is 18.1 Å². The Morgan fingerprint density at radius 3 is 2.75 bits per heavy atom. The monoisotopic (exact) mass is 377 g/mol. The molecule has 1 saturated heterocycles. The Kier molecular flexibility index (Phi) is 4.22. The molecule has 0 aromatic carbocycles. The SMILES string of the molecule is O=c1cc2c(nn1CC1CCN(c3cc(=O)n4ccccc4n3)CC1)CCC2. The molecular weight excluding hydrogens is 354 g/mol. The van der Waals surface area contributed by atoms with Gasteiger partial charge in [0.2, 0.25) is 0 Å². The van der Waals surface area contributed by atoms with E-state index in [0.717, 1.165) is 62.3 Å². The maximum Gasteiger partial charge on any atom is 0.267 e. The average molecular weight is 377 g/mol. The van der Waals surface area contributed by atoms with Crippen molar-refractivity contribution < 1.29 is 0 Å². The van der Waals surface area contributed by atoms with E-state index in [1.54, 1.807) is 27.4 Å². The third kappa shape index (κ3) is 3.10. The predicted molar refractivity (Wildman–Crippen MR) is 107 cm³/mol. The molecule has 28 heavy (non-hydrogen) atoms. The molecule has 0 bridgehead atoms. The van der Waals surface area contributed by atoms with Crippen LogP contribution in [-0.4, -0.2) is 32.3 Å². The zero-order chi connectivity index (χ0) is 19.1. The van der Waals surface area contributed by atoms with Gasteiger partial charge in [-0.05, 0) is 55.7 Å². The molecular formula is C21H23N5O2. The van der Waals surface area contributed by atoms with Crippen molar-refractivity contribution in [3.8, 4) is 0 Å². The Hall–Kier alpha value is -2.96. The minimum atomic E-state index is -0.0587. The second kappa shape index (κ2) is 6.89. The van der Waals surface area contributed by atoms with Gasteiger partial charge in [-0.3, -0.25) is 14.0 Å². The van der Waals surface area contributed by atoms with Gasteiger partial charge in [0.15, 0.2) is 0 Å². The van der Waals surface area contributed by atoms with Crippen molar-refractivity contribution in [1.82, 2.24) is 19.2 Å². The summed E-state index contributed by atoms with van der Waals surface area (Å²) in [4.78, 5) is 31.5. The van der Waals surface area contributed by atoms with Crippen molar-refractivity contribution in [3.63, 3.8) is 0 Å². The van der Waals surface area contributed by atoms with Crippen LogP contribution in [0.25, 0.3) is 5.65 Å². The number of piperidine rings is 1. The molecule has 3 aromatic rings. The summed E-state index contributed by atoms with van der Waals surface area (Å²) >= 11 is 0.